The van der Waals surface area contributed by atoms with Crippen LogP contribution in [0.25, 0.3) is 0 Å². The molecule has 2 rings (SSSR count). The molecule has 0 unspecified atom stereocenters. The molecule has 0 aliphatic carbocycles. The number of carbonyl (C=O) groups excluding carboxylic acids is 1. The molecule has 0 fully saturated rings. The first-order valence-electron chi connectivity index (χ1n) is 6.81. The highest BCUT2D eigenvalue weighted by Crippen LogP contribution is 2.15. The number of nitrogens with zero attached hydrogens (tertiary/aromatic N) is 1. The molecule has 1 amide bonds. The van der Waals surface area contributed by atoms with Crippen molar-refractivity contribution in [2.45, 2.75) is 26.7 Å². The van der Waals surface area contributed by atoms with Gasteiger partial charge in [0, 0.05) is 11.1 Å². The van der Waals surface area contributed by atoms with Crippen molar-refractivity contribution in [2.75, 3.05) is 11.9 Å². The molecule has 1 aromatic carbocycles. The Labute approximate surface area is 118 Å². The second-order valence-corrected chi connectivity index (χ2v) is 4.45. The van der Waals surface area contributed by atoms with Gasteiger partial charge in [-0.15, -0.1) is 0 Å². The van der Waals surface area contributed by atoms with Crippen molar-refractivity contribution in [2.24, 2.45) is 0 Å². The lowest BCUT2D eigenvalue weighted by Crippen LogP contribution is -2.13. The van der Waals surface area contributed by atoms with E-state index in [4.69, 9.17) is 4.74 Å². The minimum absolute atomic E-state index is 0.161. The van der Waals surface area contributed by atoms with Crippen LogP contribution in [0.4, 0.5) is 5.82 Å². The number of aromatic amines is 1. The summed E-state index contributed by atoms with van der Waals surface area (Å²) in [5.41, 5.74) is 1.58. The third-order valence-corrected chi connectivity index (χ3v) is 2.93. The summed E-state index contributed by atoms with van der Waals surface area (Å²) in [7, 11) is 0. The zero-order valence-corrected chi connectivity index (χ0v) is 11.8. The minimum Gasteiger partial charge on any atom is -0.494 e. The molecular weight excluding hydrogens is 254 g/mol. The van der Waals surface area contributed by atoms with Crippen molar-refractivity contribution < 1.29 is 9.53 Å². The van der Waals surface area contributed by atoms with Crippen molar-refractivity contribution in [3.8, 4) is 5.75 Å². The van der Waals surface area contributed by atoms with Gasteiger partial charge in [0.2, 0.25) is 0 Å². The number of ether oxygens (including phenoxy) is 1. The Bertz CT molecular complexity index is 561. The highest BCUT2D eigenvalue weighted by atomic mass is 16.5. The van der Waals surface area contributed by atoms with E-state index in [0.717, 1.165) is 24.2 Å². The van der Waals surface area contributed by atoms with Crippen LogP contribution in [0.15, 0.2) is 30.5 Å². The van der Waals surface area contributed by atoms with Gasteiger partial charge in [0.1, 0.15) is 11.6 Å². The molecule has 20 heavy (non-hydrogen) atoms. The monoisotopic (exact) mass is 273 g/mol. The number of hydrogen-bond donors (Lipinski definition) is 2. The molecule has 2 aromatic rings. The average molecular weight is 273 g/mol. The molecule has 5 heteroatoms. The van der Waals surface area contributed by atoms with Crippen molar-refractivity contribution in [1.29, 1.82) is 0 Å². The lowest BCUT2D eigenvalue weighted by atomic mass is 10.2. The number of aromatic nitrogens is 2. The van der Waals surface area contributed by atoms with Crippen LogP contribution >= 0.6 is 0 Å². The van der Waals surface area contributed by atoms with Crippen LogP contribution in [0.3, 0.4) is 0 Å². The van der Waals surface area contributed by atoms with Crippen LogP contribution in [0.1, 0.15) is 36.2 Å². The van der Waals surface area contributed by atoms with Crippen LogP contribution in [-0.2, 0) is 6.42 Å². The van der Waals surface area contributed by atoms with Crippen molar-refractivity contribution in [3.63, 3.8) is 0 Å². The Morgan fingerprint density at radius 2 is 2.05 bits per heavy atom. The molecule has 106 valence electrons. The summed E-state index contributed by atoms with van der Waals surface area (Å²) in [4.78, 5) is 12.1. The number of rotatable bonds is 6. The smallest absolute Gasteiger partial charge is 0.256 e. The molecule has 1 heterocycles. The number of H-pyrrole nitrogens is 1. The Balaban J connectivity index is 2.02. The Kier molecular flexibility index (Phi) is 4.76. The van der Waals surface area contributed by atoms with E-state index in [2.05, 4.69) is 22.4 Å². The van der Waals surface area contributed by atoms with E-state index in [1.165, 1.54) is 0 Å². The van der Waals surface area contributed by atoms with Gasteiger partial charge in [-0.25, -0.2) is 0 Å². The van der Waals surface area contributed by atoms with E-state index >= 15 is 0 Å². The van der Waals surface area contributed by atoms with Gasteiger partial charge in [-0.2, -0.15) is 5.10 Å². The van der Waals surface area contributed by atoms with E-state index in [1.807, 2.05) is 6.92 Å². The molecule has 0 saturated carbocycles. The maximum atomic E-state index is 12.1. The van der Waals surface area contributed by atoms with Gasteiger partial charge in [0.05, 0.1) is 12.8 Å². The summed E-state index contributed by atoms with van der Waals surface area (Å²) >= 11 is 0. The number of nitrogens with one attached hydrogen (secondary N) is 2. The molecule has 0 atom stereocenters. The lowest BCUT2D eigenvalue weighted by Gasteiger charge is -2.07. The number of hydrogen-bond acceptors (Lipinski definition) is 3. The molecule has 0 bridgehead atoms. The SMILES string of the molecule is CCCOc1ccc(C(=O)Nc2[nH]ncc2CC)cc1. The van der Waals surface area contributed by atoms with E-state index < -0.39 is 0 Å². The zero-order valence-electron chi connectivity index (χ0n) is 11.8. The first-order valence-corrected chi connectivity index (χ1v) is 6.81. The van der Waals surface area contributed by atoms with Crippen LogP contribution in [0.5, 0.6) is 5.75 Å². The number of carbonyl (C=O) groups is 1. The topological polar surface area (TPSA) is 67.0 Å². The van der Waals surface area contributed by atoms with E-state index in [-0.39, 0.29) is 5.91 Å². The third kappa shape index (κ3) is 3.38. The maximum Gasteiger partial charge on any atom is 0.256 e. The summed E-state index contributed by atoms with van der Waals surface area (Å²) in [6, 6.07) is 7.11. The van der Waals surface area contributed by atoms with Crippen molar-refractivity contribution in [3.05, 3.63) is 41.6 Å². The largest absolute Gasteiger partial charge is 0.494 e. The molecule has 1 aromatic heterocycles. The van der Waals surface area contributed by atoms with E-state index in [9.17, 15) is 4.79 Å². The molecule has 2 N–H and O–H groups in total. The lowest BCUT2D eigenvalue weighted by molar-refractivity contribution is 0.102. The molecule has 5 nitrogen and oxygen atoms in total. The number of anilines is 1. The van der Waals surface area contributed by atoms with Gasteiger partial charge in [0.25, 0.3) is 5.91 Å². The highest BCUT2D eigenvalue weighted by Gasteiger charge is 2.10. The predicted octanol–water partition coefficient (Wildman–Crippen LogP) is 3.01. The normalized spacial score (nSPS) is 10.3. The standard InChI is InChI=1S/C15H19N3O2/c1-3-9-20-13-7-5-12(6-8-13)15(19)17-14-11(4-2)10-16-18-14/h5-8,10H,3-4,9H2,1-2H3,(H2,16,17,18,19). The quantitative estimate of drug-likeness (QED) is 0.850. The number of benzene rings is 1. The van der Waals surface area contributed by atoms with Crippen LogP contribution in [-0.4, -0.2) is 22.7 Å². The highest BCUT2D eigenvalue weighted by molar-refractivity contribution is 6.04. The van der Waals surface area contributed by atoms with E-state index in [1.54, 1.807) is 30.5 Å². The summed E-state index contributed by atoms with van der Waals surface area (Å²) < 4.78 is 5.48. The Morgan fingerprint density at radius 1 is 1.30 bits per heavy atom. The maximum absolute atomic E-state index is 12.1. The molecule has 0 aliphatic rings. The van der Waals surface area contributed by atoms with Gasteiger partial charge in [-0.1, -0.05) is 13.8 Å². The van der Waals surface area contributed by atoms with Gasteiger partial charge < -0.3 is 10.1 Å². The van der Waals surface area contributed by atoms with Gasteiger partial charge in [0.15, 0.2) is 0 Å². The molecule has 0 aliphatic heterocycles. The van der Waals surface area contributed by atoms with Crippen molar-refractivity contribution >= 4 is 11.7 Å². The van der Waals surface area contributed by atoms with E-state index in [0.29, 0.717) is 18.0 Å². The van der Waals surface area contributed by atoms with Gasteiger partial charge >= 0.3 is 0 Å². The van der Waals surface area contributed by atoms with Gasteiger partial charge in [-0.3, -0.25) is 9.89 Å². The molecule has 0 saturated heterocycles. The molecule has 0 spiro atoms. The molecular formula is C15H19N3O2. The minimum atomic E-state index is -0.161. The third-order valence-electron chi connectivity index (χ3n) is 2.93. The van der Waals surface area contributed by atoms with Crippen LogP contribution < -0.4 is 10.1 Å². The number of amides is 1. The van der Waals surface area contributed by atoms with Crippen LogP contribution in [0, 0.1) is 0 Å². The summed E-state index contributed by atoms with van der Waals surface area (Å²) in [6.45, 7) is 4.75. The number of aryl methyl sites for hydroxylation is 1. The molecule has 0 radical (unpaired) electrons. The fraction of sp³-hybridized carbons (Fsp3) is 0.333. The first kappa shape index (κ1) is 14.1. The zero-order chi connectivity index (χ0) is 14.4. The fourth-order valence-electron chi connectivity index (χ4n) is 1.80. The second kappa shape index (κ2) is 6.75. The van der Waals surface area contributed by atoms with Crippen molar-refractivity contribution in [1.82, 2.24) is 10.2 Å². The van der Waals surface area contributed by atoms with Gasteiger partial charge in [-0.05, 0) is 37.1 Å². The Hall–Kier alpha value is -2.30. The fourth-order valence-corrected chi connectivity index (χ4v) is 1.80. The average Bonchev–Trinajstić information content (AvgIpc) is 2.92. The predicted molar refractivity (Wildman–Crippen MR) is 78.1 cm³/mol. The summed E-state index contributed by atoms with van der Waals surface area (Å²) in [5.74, 6) is 1.27. The Morgan fingerprint density at radius 3 is 2.70 bits per heavy atom. The second-order valence-electron chi connectivity index (χ2n) is 4.45. The summed E-state index contributed by atoms with van der Waals surface area (Å²) in [5, 5.41) is 9.54. The van der Waals surface area contributed by atoms with Crippen LogP contribution in [0.2, 0.25) is 0 Å². The first-order chi connectivity index (χ1) is 9.74. The summed E-state index contributed by atoms with van der Waals surface area (Å²) in [6.07, 6.45) is 3.50.